The molecule has 0 aromatic carbocycles. The van der Waals surface area contributed by atoms with Crippen molar-refractivity contribution in [1.82, 2.24) is 15.6 Å². The number of nitrogens with one attached hydrogen (secondary N) is 2. The highest BCUT2D eigenvalue weighted by Crippen LogP contribution is 2.08. The van der Waals surface area contributed by atoms with E-state index in [9.17, 15) is 4.79 Å². The lowest BCUT2D eigenvalue weighted by molar-refractivity contribution is -0.120. The molecule has 2 aliphatic rings. The van der Waals surface area contributed by atoms with E-state index < -0.39 is 0 Å². The molecule has 1 saturated heterocycles. The van der Waals surface area contributed by atoms with Crippen molar-refractivity contribution in [2.45, 2.75) is 12.2 Å². The van der Waals surface area contributed by atoms with Crippen molar-refractivity contribution >= 4 is 12.2 Å². The van der Waals surface area contributed by atoms with Gasteiger partial charge in [0.1, 0.15) is 25.1 Å². The van der Waals surface area contributed by atoms with Gasteiger partial charge in [-0.05, 0) is 0 Å². The molecule has 6 heteroatoms. The Kier molecular flexibility index (Phi) is 1.61. The van der Waals surface area contributed by atoms with Crippen molar-refractivity contribution in [2.24, 2.45) is 10.8 Å². The highest BCUT2D eigenvalue weighted by atomic mass is 16.1. The minimum absolute atomic E-state index is 0.0689. The number of piperazine rings is 1. The average molecular weight is 167 g/mol. The summed E-state index contributed by atoms with van der Waals surface area (Å²) in [6.07, 6.45) is 1.56. The minimum Gasteiger partial charge on any atom is -0.368 e. The molecule has 6 nitrogen and oxygen atoms in total. The van der Waals surface area contributed by atoms with Gasteiger partial charge < -0.3 is 10.6 Å². The standard InChI is InChI=1S/C6H9N5O/c7-6(12)4-2-11-3-9-10-5(11)1-8-4/h3-5,8,10H,2H2,(H2,7,12). The summed E-state index contributed by atoms with van der Waals surface area (Å²) in [5.41, 5.74) is 7.90. The maximum atomic E-state index is 10.8. The fourth-order valence-corrected chi connectivity index (χ4v) is 1.18. The predicted octanol–water partition coefficient (Wildman–Crippen LogP) is -2.34. The van der Waals surface area contributed by atoms with Crippen LogP contribution >= 0.6 is 0 Å². The summed E-state index contributed by atoms with van der Waals surface area (Å²) in [5, 5.41) is 6.60. The van der Waals surface area contributed by atoms with Crippen LogP contribution in [0.2, 0.25) is 0 Å². The summed E-state index contributed by atoms with van der Waals surface area (Å²) in [4.78, 5) is 12.6. The molecule has 2 atom stereocenters. The smallest absolute Gasteiger partial charge is 0.236 e. The molecule has 0 aromatic rings. The van der Waals surface area contributed by atoms with Crippen LogP contribution in [0.3, 0.4) is 0 Å². The first-order chi connectivity index (χ1) is 5.77. The van der Waals surface area contributed by atoms with Crippen LogP contribution in [0.25, 0.3) is 0 Å². The molecule has 12 heavy (non-hydrogen) atoms. The van der Waals surface area contributed by atoms with Gasteiger partial charge in [0.2, 0.25) is 5.91 Å². The van der Waals surface area contributed by atoms with Gasteiger partial charge in [-0.2, -0.15) is 5.10 Å². The van der Waals surface area contributed by atoms with Crippen molar-refractivity contribution in [2.75, 3.05) is 6.54 Å². The van der Waals surface area contributed by atoms with Crippen molar-refractivity contribution in [3.05, 3.63) is 6.54 Å². The molecule has 0 aliphatic carbocycles. The number of primary amides is 1. The minimum atomic E-state index is -0.374. The number of carbonyl (C=O) groups excluding carboxylic acids is 1. The van der Waals surface area contributed by atoms with Gasteiger partial charge in [-0.1, -0.05) is 0 Å². The number of nitrogens with zero attached hydrogens (tertiary/aromatic N) is 2. The van der Waals surface area contributed by atoms with Gasteiger partial charge in [0, 0.05) is 6.54 Å². The van der Waals surface area contributed by atoms with Crippen LogP contribution in [-0.2, 0) is 4.79 Å². The van der Waals surface area contributed by atoms with Crippen LogP contribution in [0.4, 0.5) is 0 Å². The lowest BCUT2D eigenvalue weighted by atomic mass is 10.2. The highest BCUT2D eigenvalue weighted by Gasteiger charge is 2.31. The average Bonchev–Trinajstić information content (AvgIpc) is 2.49. The van der Waals surface area contributed by atoms with Gasteiger partial charge >= 0.3 is 0 Å². The number of fused-ring (bicyclic) bond motifs is 1. The molecule has 4 N–H and O–H groups in total. The maximum Gasteiger partial charge on any atom is 0.236 e. The van der Waals surface area contributed by atoms with Crippen LogP contribution in [0, 0.1) is 6.54 Å². The van der Waals surface area contributed by atoms with Crippen LogP contribution in [0.1, 0.15) is 0 Å². The third kappa shape index (κ3) is 1.10. The molecule has 0 bridgehead atoms. The summed E-state index contributed by atoms with van der Waals surface area (Å²) < 4.78 is 0. The lowest BCUT2D eigenvalue weighted by Gasteiger charge is -2.32. The summed E-state index contributed by atoms with van der Waals surface area (Å²) in [6.45, 7) is 3.38. The number of rotatable bonds is 1. The fourth-order valence-electron chi connectivity index (χ4n) is 1.18. The zero-order chi connectivity index (χ0) is 8.55. The zero-order valence-corrected chi connectivity index (χ0v) is 6.32. The summed E-state index contributed by atoms with van der Waals surface area (Å²) in [7, 11) is 0. The van der Waals surface area contributed by atoms with Gasteiger partial charge in [0.05, 0.1) is 0 Å². The topological polar surface area (TPSA) is 82.8 Å². The molecular formula is C6H9N5O. The molecule has 0 spiro atoms. The number of hydrogen-bond donors (Lipinski definition) is 3. The number of nitrogens with two attached hydrogens (primary N) is 1. The number of carbonyl (C=O) groups is 1. The van der Waals surface area contributed by atoms with Gasteiger partial charge in [-0.25, -0.2) is 0 Å². The largest absolute Gasteiger partial charge is 0.368 e. The van der Waals surface area contributed by atoms with Crippen LogP contribution < -0.4 is 16.5 Å². The Bertz CT molecular complexity index is 228. The molecule has 64 valence electrons. The SMILES string of the molecule is NC(=O)C1CN2C=NNC2[C]N1. The monoisotopic (exact) mass is 167 g/mol. The van der Waals surface area contributed by atoms with E-state index in [1.54, 1.807) is 6.34 Å². The van der Waals surface area contributed by atoms with Crippen LogP contribution in [0.15, 0.2) is 5.10 Å². The molecule has 1 amide bonds. The molecule has 2 radical (unpaired) electrons. The van der Waals surface area contributed by atoms with Crippen LogP contribution in [-0.4, -0.2) is 35.9 Å². The first kappa shape index (κ1) is 7.35. The van der Waals surface area contributed by atoms with E-state index in [0.717, 1.165) is 0 Å². The lowest BCUT2D eigenvalue weighted by Crippen LogP contribution is -2.58. The van der Waals surface area contributed by atoms with E-state index in [4.69, 9.17) is 5.73 Å². The van der Waals surface area contributed by atoms with Crippen LogP contribution in [0.5, 0.6) is 0 Å². The number of hydrogen-bond acceptors (Lipinski definition) is 5. The van der Waals surface area contributed by atoms with Gasteiger partial charge in [0.15, 0.2) is 0 Å². The van der Waals surface area contributed by atoms with Crippen molar-refractivity contribution in [3.8, 4) is 0 Å². The second-order valence-corrected chi connectivity index (χ2v) is 2.72. The second-order valence-electron chi connectivity index (χ2n) is 2.72. The maximum absolute atomic E-state index is 10.8. The van der Waals surface area contributed by atoms with Gasteiger partial charge in [-0.15, -0.1) is 0 Å². The zero-order valence-electron chi connectivity index (χ0n) is 6.32. The Morgan fingerprint density at radius 1 is 1.83 bits per heavy atom. The Labute approximate surface area is 69.8 Å². The van der Waals surface area contributed by atoms with Gasteiger partial charge in [0.25, 0.3) is 0 Å². The Hall–Kier alpha value is -1.30. The third-order valence-corrected chi connectivity index (χ3v) is 1.87. The van der Waals surface area contributed by atoms with E-state index in [-0.39, 0.29) is 18.1 Å². The first-order valence-electron chi connectivity index (χ1n) is 3.62. The Morgan fingerprint density at radius 2 is 2.67 bits per heavy atom. The summed E-state index contributed by atoms with van der Waals surface area (Å²) >= 11 is 0. The Balaban J connectivity index is 2.00. The predicted molar refractivity (Wildman–Crippen MR) is 41.5 cm³/mol. The van der Waals surface area contributed by atoms with Crippen molar-refractivity contribution in [1.29, 1.82) is 0 Å². The molecule has 2 aliphatic heterocycles. The highest BCUT2D eigenvalue weighted by molar-refractivity contribution is 5.81. The van der Waals surface area contributed by atoms with E-state index in [2.05, 4.69) is 22.4 Å². The Morgan fingerprint density at radius 3 is 3.42 bits per heavy atom. The quantitative estimate of drug-likeness (QED) is 0.408. The van der Waals surface area contributed by atoms with E-state index in [0.29, 0.717) is 6.54 Å². The molecule has 0 saturated carbocycles. The van der Waals surface area contributed by atoms with E-state index in [1.807, 2.05) is 4.90 Å². The number of hydrazone groups is 1. The second kappa shape index (κ2) is 2.63. The fraction of sp³-hybridized carbons (Fsp3) is 0.500. The first-order valence-corrected chi connectivity index (χ1v) is 3.62. The van der Waals surface area contributed by atoms with E-state index >= 15 is 0 Å². The molecule has 2 rings (SSSR count). The van der Waals surface area contributed by atoms with Crippen molar-refractivity contribution in [3.63, 3.8) is 0 Å². The molecule has 0 aromatic heterocycles. The van der Waals surface area contributed by atoms with Gasteiger partial charge in [-0.3, -0.25) is 15.5 Å². The van der Waals surface area contributed by atoms with Crippen molar-refractivity contribution < 1.29 is 4.79 Å². The summed E-state index contributed by atoms with van der Waals surface area (Å²) in [5.74, 6) is -0.374. The summed E-state index contributed by atoms with van der Waals surface area (Å²) in [6, 6.07) is -0.368. The molecular weight excluding hydrogens is 158 g/mol. The molecule has 2 heterocycles. The molecule has 1 fully saturated rings. The third-order valence-electron chi connectivity index (χ3n) is 1.87. The number of amides is 1. The van der Waals surface area contributed by atoms with E-state index in [1.165, 1.54) is 0 Å². The molecule has 2 unspecified atom stereocenters. The normalized spacial score (nSPS) is 32.8.